The highest BCUT2D eigenvalue weighted by atomic mass is 35.5. The number of hydrogen-bond acceptors (Lipinski definition) is 4. The van der Waals surface area contributed by atoms with Crippen molar-refractivity contribution in [3.05, 3.63) is 82.5 Å². The highest BCUT2D eigenvalue weighted by molar-refractivity contribution is 6.44. The first-order chi connectivity index (χ1) is 17.0. The number of carbonyl (C=O) groups excluding carboxylic acids is 1. The Bertz CT molecular complexity index is 1400. The molecule has 2 aromatic heterocycles. The van der Waals surface area contributed by atoms with Crippen LogP contribution < -0.4 is 10.8 Å². The Morgan fingerprint density at radius 3 is 2.54 bits per heavy atom. The number of halogens is 2. The quantitative estimate of drug-likeness (QED) is 0.322. The van der Waals surface area contributed by atoms with Crippen molar-refractivity contribution < 1.29 is 4.79 Å². The Morgan fingerprint density at radius 1 is 1.09 bits per heavy atom. The minimum absolute atomic E-state index is 0.144. The Labute approximate surface area is 215 Å². The maximum Gasteiger partial charge on any atom is 0.265 e. The molecule has 0 spiro atoms. The molecule has 174 valence electrons. The van der Waals surface area contributed by atoms with Gasteiger partial charge in [0, 0.05) is 42.0 Å². The maximum absolute atomic E-state index is 12.8. The molecule has 1 fully saturated rings. The first-order valence-electron chi connectivity index (χ1n) is 11.4. The highest BCUT2D eigenvalue weighted by Gasteiger charge is 2.25. The molecule has 35 heavy (non-hydrogen) atoms. The fourth-order valence-electron chi connectivity index (χ4n) is 4.23. The summed E-state index contributed by atoms with van der Waals surface area (Å²) in [5.41, 5.74) is 3.48. The van der Waals surface area contributed by atoms with E-state index in [-0.39, 0.29) is 17.0 Å². The molecule has 0 saturated carbocycles. The van der Waals surface area contributed by atoms with Crippen LogP contribution in [-0.2, 0) is 4.79 Å². The van der Waals surface area contributed by atoms with Crippen LogP contribution in [0.2, 0.25) is 5.02 Å². The van der Waals surface area contributed by atoms with E-state index in [1.165, 1.54) is 0 Å². The van der Waals surface area contributed by atoms with Crippen LogP contribution in [0.25, 0.3) is 23.0 Å². The number of nitrogens with one attached hydrogen (secondary N) is 1. The van der Waals surface area contributed by atoms with E-state index in [1.54, 1.807) is 21.7 Å². The third-order valence-electron chi connectivity index (χ3n) is 6.08. The van der Waals surface area contributed by atoms with E-state index in [2.05, 4.69) is 15.4 Å². The predicted molar refractivity (Wildman–Crippen MR) is 142 cm³/mol. The van der Waals surface area contributed by atoms with E-state index >= 15 is 0 Å². The summed E-state index contributed by atoms with van der Waals surface area (Å²) in [5.74, 6) is 0.620. The molecule has 2 aromatic carbocycles. The molecule has 0 bridgehead atoms. The second-order valence-corrected chi connectivity index (χ2v) is 9.27. The molecule has 1 saturated heterocycles. The highest BCUT2D eigenvalue weighted by Crippen LogP contribution is 2.29. The summed E-state index contributed by atoms with van der Waals surface area (Å²) >= 11 is 12.8. The Balaban J connectivity index is 1.31. The number of rotatable bonds is 5. The number of piperidine rings is 1. The van der Waals surface area contributed by atoms with Crippen molar-refractivity contribution in [2.75, 3.05) is 18.4 Å². The Kier molecular flexibility index (Phi) is 6.80. The lowest BCUT2D eigenvalue weighted by molar-refractivity contribution is -0.127. The molecule has 1 N–H and O–H groups in total. The second-order valence-electron chi connectivity index (χ2n) is 8.46. The van der Waals surface area contributed by atoms with Gasteiger partial charge in [0.25, 0.3) is 5.91 Å². The molecule has 4 aromatic rings. The predicted octanol–water partition coefficient (Wildman–Crippen LogP) is 4.53. The average Bonchev–Trinajstić information content (AvgIpc) is 3.26. The van der Waals surface area contributed by atoms with Gasteiger partial charge < -0.3 is 10.2 Å². The number of fused-ring (bicyclic) bond motifs is 1. The van der Waals surface area contributed by atoms with E-state index in [1.807, 2.05) is 60.7 Å². The van der Waals surface area contributed by atoms with Gasteiger partial charge >= 0.3 is 0 Å². The van der Waals surface area contributed by atoms with Crippen LogP contribution in [0, 0.1) is 0 Å². The number of carbonyl (C=O) groups is 1. The molecule has 5 rings (SSSR count). The van der Waals surface area contributed by atoms with Gasteiger partial charge in [-0.1, -0.05) is 71.7 Å². The van der Waals surface area contributed by atoms with E-state index in [0.717, 1.165) is 29.8 Å². The summed E-state index contributed by atoms with van der Waals surface area (Å²) in [7, 11) is 6.13. The zero-order valence-electron chi connectivity index (χ0n) is 18.9. The average molecular weight is 502 g/mol. The van der Waals surface area contributed by atoms with Gasteiger partial charge in [-0.05, 0) is 36.0 Å². The van der Waals surface area contributed by atoms with Crippen LogP contribution in [0.3, 0.4) is 0 Å². The van der Waals surface area contributed by atoms with E-state index in [4.69, 9.17) is 31.0 Å². The molecule has 2 radical (unpaired) electrons. The molecular formula is C26H22BCl2N5O. The molecule has 6 nitrogen and oxygen atoms in total. The standard InChI is InChI=1S/C26H22BCl2N5O/c27-20-16-30-34-24(15-23(32-25(20)34)19-8-4-5-9-21(19)28)31-18-10-12-33(13-11-18)26(35)22(29)14-17-6-2-1-3-7-17/h1-9,14-16,18,31H,10-13H2/b22-14-. The molecular weight excluding hydrogens is 480 g/mol. The van der Waals surface area contributed by atoms with E-state index in [0.29, 0.717) is 34.9 Å². The summed E-state index contributed by atoms with van der Waals surface area (Å²) in [6, 6.07) is 19.2. The van der Waals surface area contributed by atoms with Crippen molar-refractivity contribution in [2.45, 2.75) is 18.9 Å². The van der Waals surface area contributed by atoms with Crippen LogP contribution in [0.5, 0.6) is 0 Å². The van der Waals surface area contributed by atoms with Gasteiger partial charge in [-0.25, -0.2) is 4.98 Å². The number of nitrogens with zero attached hydrogens (tertiary/aromatic N) is 4. The molecule has 0 atom stereocenters. The zero-order chi connectivity index (χ0) is 24.4. The van der Waals surface area contributed by atoms with Crippen LogP contribution in [0.4, 0.5) is 5.82 Å². The first kappa shape index (κ1) is 23.5. The number of hydrogen-bond donors (Lipinski definition) is 1. The fourth-order valence-corrected chi connectivity index (χ4v) is 4.71. The number of amides is 1. The van der Waals surface area contributed by atoms with Crippen LogP contribution >= 0.6 is 23.2 Å². The van der Waals surface area contributed by atoms with Gasteiger partial charge in [0.15, 0.2) is 5.65 Å². The molecule has 1 aliphatic heterocycles. The molecule has 0 unspecified atom stereocenters. The monoisotopic (exact) mass is 501 g/mol. The topological polar surface area (TPSA) is 62.5 Å². The summed E-state index contributed by atoms with van der Waals surface area (Å²) in [6.45, 7) is 1.20. The van der Waals surface area contributed by atoms with Gasteiger partial charge in [-0.15, -0.1) is 0 Å². The van der Waals surface area contributed by atoms with Gasteiger partial charge in [0.05, 0.1) is 5.69 Å². The lowest BCUT2D eigenvalue weighted by atomic mass is 10.0. The third kappa shape index (κ3) is 5.06. The zero-order valence-corrected chi connectivity index (χ0v) is 20.4. The molecule has 1 aliphatic rings. The van der Waals surface area contributed by atoms with Crippen LogP contribution in [0.1, 0.15) is 18.4 Å². The minimum atomic E-state index is -0.152. The number of likely N-dealkylation sites (tertiary alicyclic amines) is 1. The van der Waals surface area contributed by atoms with Crippen LogP contribution in [0.15, 0.2) is 71.9 Å². The third-order valence-corrected chi connectivity index (χ3v) is 6.68. The van der Waals surface area contributed by atoms with E-state index in [9.17, 15) is 4.79 Å². The van der Waals surface area contributed by atoms with Crippen molar-refractivity contribution >= 4 is 60.0 Å². The molecule has 1 amide bonds. The smallest absolute Gasteiger partial charge is 0.265 e. The molecule has 9 heteroatoms. The maximum atomic E-state index is 12.8. The fraction of sp³-hybridized carbons (Fsp3) is 0.192. The molecule has 0 aliphatic carbocycles. The van der Waals surface area contributed by atoms with E-state index < -0.39 is 0 Å². The number of benzene rings is 2. The lowest BCUT2D eigenvalue weighted by Crippen LogP contribution is -2.42. The number of anilines is 1. The lowest BCUT2D eigenvalue weighted by Gasteiger charge is -2.32. The van der Waals surface area contributed by atoms with Crippen LogP contribution in [-0.4, -0.2) is 52.4 Å². The second kappa shape index (κ2) is 10.1. The Hall–Kier alpha value is -3.29. The summed E-state index contributed by atoms with van der Waals surface area (Å²) in [6.07, 6.45) is 4.83. The van der Waals surface area contributed by atoms with Gasteiger partial charge in [-0.3, -0.25) is 4.79 Å². The minimum Gasteiger partial charge on any atom is -0.367 e. The first-order valence-corrected chi connectivity index (χ1v) is 12.1. The summed E-state index contributed by atoms with van der Waals surface area (Å²) < 4.78 is 1.70. The SMILES string of the molecule is [B]c1cnn2c(NC3CCN(C(=O)/C(Cl)=C/c4ccccc4)CC3)cc(-c3ccccc3Cl)nc12. The van der Waals surface area contributed by atoms with Crippen molar-refractivity contribution in [3.8, 4) is 11.3 Å². The van der Waals surface area contributed by atoms with Crippen molar-refractivity contribution in [1.82, 2.24) is 19.5 Å². The largest absolute Gasteiger partial charge is 0.367 e. The van der Waals surface area contributed by atoms with Crippen molar-refractivity contribution in [2.24, 2.45) is 0 Å². The summed E-state index contributed by atoms with van der Waals surface area (Å²) in [4.78, 5) is 19.3. The van der Waals surface area contributed by atoms with Gasteiger partial charge in [-0.2, -0.15) is 9.61 Å². The van der Waals surface area contributed by atoms with Gasteiger partial charge in [0.2, 0.25) is 0 Å². The number of aromatic nitrogens is 3. The Morgan fingerprint density at radius 2 is 1.80 bits per heavy atom. The van der Waals surface area contributed by atoms with Crippen molar-refractivity contribution in [1.29, 1.82) is 0 Å². The van der Waals surface area contributed by atoms with Crippen molar-refractivity contribution in [3.63, 3.8) is 0 Å². The van der Waals surface area contributed by atoms with Gasteiger partial charge in [0.1, 0.15) is 18.7 Å². The summed E-state index contributed by atoms with van der Waals surface area (Å²) in [5, 5.41) is 8.79. The molecule has 3 heterocycles. The normalized spacial score (nSPS) is 14.9.